The summed E-state index contributed by atoms with van der Waals surface area (Å²) in [6.45, 7) is 3.11. The van der Waals surface area contributed by atoms with E-state index < -0.39 is 17.8 Å². The van der Waals surface area contributed by atoms with Crippen molar-refractivity contribution in [2.75, 3.05) is 7.11 Å². The molecule has 6 heteroatoms. The van der Waals surface area contributed by atoms with E-state index >= 15 is 0 Å². The summed E-state index contributed by atoms with van der Waals surface area (Å²) >= 11 is 0. The Hall–Kier alpha value is -2.76. The average Bonchev–Trinajstić information content (AvgIpc) is 2.45. The summed E-state index contributed by atoms with van der Waals surface area (Å²) in [6.07, 6.45) is 0. The van der Waals surface area contributed by atoms with E-state index in [1.54, 1.807) is 6.92 Å². The van der Waals surface area contributed by atoms with E-state index in [-0.39, 0.29) is 27.9 Å². The van der Waals surface area contributed by atoms with Crippen molar-refractivity contribution < 1.29 is 23.8 Å². The SMILES string of the molecule is COC(=O)c1c(C)nc(C)c(C(=O)O)c1-c1cccc(F)c1. The molecule has 0 saturated carbocycles. The molecule has 22 heavy (non-hydrogen) atoms. The number of rotatable bonds is 3. The van der Waals surface area contributed by atoms with Gasteiger partial charge in [-0.15, -0.1) is 0 Å². The van der Waals surface area contributed by atoms with Gasteiger partial charge in [-0.05, 0) is 31.5 Å². The van der Waals surface area contributed by atoms with Gasteiger partial charge in [-0.25, -0.2) is 14.0 Å². The Labute approximate surface area is 126 Å². The first-order chi connectivity index (χ1) is 10.4. The zero-order valence-corrected chi connectivity index (χ0v) is 12.3. The van der Waals surface area contributed by atoms with Gasteiger partial charge in [-0.1, -0.05) is 12.1 Å². The number of ether oxygens (including phenoxy) is 1. The van der Waals surface area contributed by atoms with Gasteiger partial charge in [-0.3, -0.25) is 4.98 Å². The summed E-state index contributed by atoms with van der Waals surface area (Å²) in [5.41, 5.74) is 0.855. The van der Waals surface area contributed by atoms with E-state index in [2.05, 4.69) is 4.98 Å². The Kier molecular flexibility index (Phi) is 4.21. The summed E-state index contributed by atoms with van der Waals surface area (Å²) in [5, 5.41) is 9.46. The number of hydrogen-bond acceptors (Lipinski definition) is 4. The quantitative estimate of drug-likeness (QED) is 0.882. The molecule has 0 fully saturated rings. The van der Waals surface area contributed by atoms with E-state index in [1.165, 1.54) is 38.3 Å². The lowest BCUT2D eigenvalue weighted by Gasteiger charge is -2.15. The summed E-state index contributed by atoms with van der Waals surface area (Å²) in [4.78, 5) is 27.7. The van der Waals surface area contributed by atoms with E-state index in [9.17, 15) is 19.1 Å². The maximum Gasteiger partial charge on any atom is 0.340 e. The number of hydrogen-bond donors (Lipinski definition) is 1. The van der Waals surface area contributed by atoms with Gasteiger partial charge in [0.2, 0.25) is 0 Å². The van der Waals surface area contributed by atoms with Crippen LogP contribution in [-0.4, -0.2) is 29.1 Å². The minimum absolute atomic E-state index is 0.0242. The molecular formula is C16H14FNO4. The van der Waals surface area contributed by atoms with Crippen molar-refractivity contribution in [2.24, 2.45) is 0 Å². The van der Waals surface area contributed by atoms with Gasteiger partial charge in [0, 0.05) is 5.56 Å². The first kappa shape index (κ1) is 15.6. The van der Waals surface area contributed by atoms with Crippen LogP contribution in [0.5, 0.6) is 0 Å². The van der Waals surface area contributed by atoms with E-state index in [0.29, 0.717) is 5.69 Å². The minimum atomic E-state index is -1.24. The number of benzene rings is 1. The molecule has 0 amide bonds. The third kappa shape index (κ3) is 2.67. The Morgan fingerprint density at radius 3 is 2.36 bits per heavy atom. The average molecular weight is 303 g/mol. The van der Waals surface area contributed by atoms with Crippen LogP contribution < -0.4 is 0 Å². The van der Waals surface area contributed by atoms with Crippen molar-refractivity contribution in [3.05, 3.63) is 52.6 Å². The molecule has 1 aromatic heterocycles. The Morgan fingerprint density at radius 2 is 1.82 bits per heavy atom. The number of halogens is 1. The molecule has 0 spiro atoms. The highest BCUT2D eigenvalue weighted by atomic mass is 19.1. The van der Waals surface area contributed by atoms with Crippen molar-refractivity contribution in [3.8, 4) is 11.1 Å². The zero-order chi connectivity index (χ0) is 16.4. The highest BCUT2D eigenvalue weighted by molar-refractivity contribution is 6.06. The molecular weight excluding hydrogens is 289 g/mol. The number of carbonyl (C=O) groups is 2. The van der Waals surface area contributed by atoms with Crippen LogP contribution >= 0.6 is 0 Å². The van der Waals surface area contributed by atoms with Crippen LogP contribution in [0, 0.1) is 19.7 Å². The molecule has 1 heterocycles. The molecule has 0 radical (unpaired) electrons. The first-order valence-corrected chi connectivity index (χ1v) is 6.45. The molecule has 2 aromatic rings. The third-order valence-corrected chi connectivity index (χ3v) is 3.28. The fourth-order valence-corrected chi connectivity index (χ4v) is 2.40. The maximum absolute atomic E-state index is 13.5. The molecule has 0 unspecified atom stereocenters. The zero-order valence-electron chi connectivity index (χ0n) is 12.3. The molecule has 0 aliphatic carbocycles. The summed E-state index contributed by atoms with van der Waals surface area (Å²) < 4.78 is 18.2. The number of pyridine rings is 1. The van der Waals surface area contributed by atoms with E-state index in [4.69, 9.17) is 4.74 Å². The predicted octanol–water partition coefficient (Wildman–Crippen LogP) is 2.99. The monoisotopic (exact) mass is 303 g/mol. The Bertz CT molecular complexity index is 771. The van der Waals surface area contributed by atoms with Crippen LogP contribution in [0.2, 0.25) is 0 Å². The van der Waals surface area contributed by atoms with Gasteiger partial charge >= 0.3 is 11.9 Å². The molecule has 0 aliphatic rings. The van der Waals surface area contributed by atoms with Crippen LogP contribution in [0.25, 0.3) is 11.1 Å². The fourth-order valence-electron chi connectivity index (χ4n) is 2.40. The molecule has 0 bridgehead atoms. The largest absolute Gasteiger partial charge is 0.478 e. The number of esters is 1. The highest BCUT2D eigenvalue weighted by Crippen LogP contribution is 2.32. The predicted molar refractivity (Wildman–Crippen MR) is 77.4 cm³/mol. The molecule has 5 nitrogen and oxygen atoms in total. The van der Waals surface area contributed by atoms with Gasteiger partial charge in [0.1, 0.15) is 5.82 Å². The van der Waals surface area contributed by atoms with Gasteiger partial charge in [0.25, 0.3) is 0 Å². The Balaban J connectivity index is 2.94. The molecule has 114 valence electrons. The Morgan fingerprint density at radius 1 is 1.18 bits per heavy atom. The maximum atomic E-state index is 13.5. The number of aromatic nitrogens is 1. The van der Waals surface area contributed by atoms with Crippen molar-refractivity contribution in [2.45, 2.75) is 13.8 Å². The molecule has 0 aliphatic heterocycles. The number of carboxylic acid groups (broad SMARTS) is 1. The second-order valence-corrected chi connectivity index (χ2v) is 4.71. The summed E-state index contributed by atoms with van der Waals surface area (Å²) in [6, 6.07) is 5.40. The van der Waals surface area contributed by atoms with Gasteiger partial charge in [-0.2, -0.15) is 0 Å². The number of aryl methyl sites for hydroxylation is 2. The highest BCUT2D eigenvalue weighted by Gasteiger charge is 2.26. The molecule has 2 rings (SSSR count). The van der Waals surface area contributed by atoms with Gasteiger partial charge < -0.3 is 9.84 Å². The van der Waals surface area contributed by atoms with Crippen LogP contribution in [0.1, 0.15) is 32.1 Å². The summed E-state index contributed by atoms with van der Waals surface area (Å²) in [7, 11) is 1.19. The van der Waals surface area contributed by atoms with Crippen LogP contribution in [-0.2, 0) is 4.74 Å². The minimum Gasteiger partial charge on any atom is -0.478 e. The van der Waals surface area contributed by atoms with Crippen molar-refractivity contribution in [3.63, 3.8) is 0 Å². The first-order valence-electron chi connectivity index (χ1n) is 6.45. The lowest BCUT2D eigenvalue weighted by molar-refractivity contribution is 0.0600. The van der Waals surface area contributed by atoms with Crippen molar-refractivity contribution in [1.82, 2.24) is 4.98 Å². The fraction of sp³-hybridized carbons (Fsp3) is 0.188. The van der Waals surface area contributed by atoms with Gasteiger partial charge in [0.15, 0.2) is 0 Å². The number of carbonyl (C=O) groups excluding carboxylic acids is 1. The second-order valence-electron chi connectivity index (χ2n) is 4.71. The van der Waals surface area contributed by atoms with E-state index in [1.807, 2.05) is 0 Å². The topological polar surface area (TPSA) is 76.5 Å². The standard InChI is InChI=1S/C16H14FNO4/c1-8-12(15(19)20)14(10-5-4-6-11(17)7-10)13(9(2)18-8)16(21)22-3/h4-7H,1-3H3,(H,19,20). The normalized spacial score (nSPS) is 10.4. The van der Waals surface area contributed by atoms with E-state index in [0.717, 1.165) is 0 Å². The molecule has 1 N–H and O–H groups in total. The second kappa shape index (κ2) is 5.93. The van der Waals surface area contributed by atoms with Crippen molar-refractivity contribution >= 4 is 11.9 Å². The molecule has 1 aromatic carbocycles. The lowest BCUT2D eigenvalue weighted by atomic mass is 9.92. The lowest BCUT2D eigenvalue weighted by Crippen LogP contribution is -2.15. The number of carboxylic acids is 1. The van der Waals surface area contributed by atoms with Crippen LogP contribution in [0.15, 0.2) is 24.3 Å². The van der Waals surface area contributed by atoms with Crippen LogP contribution in [0.4, 0.5) is 4.39 Å². The molecule has 0 saturated heterocycles. The number of aromatic carboxylic acids is 1. The smallest absolute Gasteiger partial charge is 0.340 e. The van der Waals surface area contributed by atoms with Crippen LogP contribution in [0.3, 0.4) is 0 Å². The van der Waals surface area contributed by atoms with Gasteiger partial charge in [0.05, 0.1) is 29.6 Å². The summed E-state index contributed by atoms with van der Waals surface area (Å²) in [5.74, 6) is -2.49. The number of methoxy groups -OCH3 is 1. The molecule has 0 atom stereocenters. The van der Waals surface area contributed by atoms with Crippen molar-refractivity contribution in [1.29, 1.82) is 0 Å². The third-order valence-electron chi connectivity index (χ3n) is 3.28. The number of nitrogens with zero attached hydrogens (tertiary/aromatic N) is 1.